The van der Waals surface area contributed by atoms with Gasteiger partial charge in [0.25, 0.3) is 5.24 Å². The first-order valence-corrected chi connectivity index (χ1v) is 8.68. The second-order valence-electron chi connectivity index (χ2n) is 4.80. The molecule has 0 aromatic heterocycles. The summed E-state index contributed by atoms with van der Waals surface area (Å²) in [6.07, 6.45) is 0. The van der Waals surface area contributed by atoms with Crippen LogP contribution >= 0.6 is 19.5 Å². The molecule has 3 aromatic rings. The number of halogens is 1. The predicted octanol–water partition coefficient (Wildman–Crippen LogP) is 3.82. The Labute approximate surface area is 155 Å². The smallest absolute Gasteiger partial charge is 0.253 e. The normalized spacial score (nSPS) is 10.2. The summed E-state index contributed by atoms with van der Waals surface area (Å²) in [4.78, 5) is 11.8. The topological polar surface area (TPSA) is 17.1 Å². The first-order chi connectivity index (χ1) is 10.8. The summed E-state index contributed by atoms with van der Waals surface area (Å²) in [5.74, 6) is 0. The standard InChI is InChI=1S/C19H14ClOP.Rh/c20-19(21)17-13-7-8-14-18(17)22(15-9-3-1-4-10-15)16-11-5-2-6-12-16;/h1-14H;. The number of carbonyl (C=O) groups is 1. The van der Waals surface area contributed by atoms with Crippen molar-refractivity contribution >= 4 is 40.7 Å². The molecular weight excluding hydrogens is 414 g/mol. The molecule has 1 nitrogen and oxygen atoms in total. The van der Waals surface area contributed by atoms with Crippen LogP contribution in [0.1, 0.15) is 10.4 Å². The molecule has 0 amide bonds. The summed E-state index contributed by atoms with van der Waals surface area (Å²) >= 11 is 5.80. The molecule has 0 saturated carbocycles. The average molecular weight is 428 g/mol. The van der Waals surface area contributed by atoms with Crippen molar-refractivity contribution in [3.8, 4) is 0 Å². The molecule has 0 atom stereocenters. The van der Waals surface area contributed by atoms with E-state index in [0.29, 0.717) is 5.56 Å². The summed E-state index contributed by atoms with van der Waals surface area (Å²) in [7, 11) is -0.805. The van der Waals surface area contributed by atoms with Crippen molar-refractivity contribution in [1.82, 2.24) is 0 Å². The van der Waals surface area contributed by atoms with E-state index < -0.39 is 13.2 Å². The molecule has 0 spiro atoms. The Balaban J connectivity index is 0.00000192. The van der Waals surface area contributed by atoms with Crippen molar-refractivity contribution in [2.75, 3.05) is 0 Å². The molecule has 1 radical (unpaired) electrons. The third-order valence-electron chi connectivity index (χ3n) is 3.39. The van der Waals surface area contributed by atoms with Crippen molar-refractivity contribution in [1.29, 1.82) is 0 Å². The van der Waals surface area contributed by atoms with E-state index in [1.54, 1.807) is 6.07 Å². The molecule has 0 fully saturated rings. The van der Waals surface area contributed by atoms with Crippen LogP contribution < -0.4 is 15.9 Å². The summed E-state index contributed by atoms with van der Waals surface area (Å²) in [6, 6.07) is 28.1. The van der Waals surface area contributed by atoms with Crippen molar-refractivity contribution in [3.63, 3.8) is 0 Å². The average Bonchev–Trinajstić information content (AvgIpc) is 2.57. The van der Waals surface area contributed by atoms with Crippen LogP contribution in [-0.2, 0) is 19.5 Å². The third kappa shape index (κ3) is 4.15. The molecule has 0 unspecified atom stereocenters. The molecule has 3 aromatic carbocycles. The monoisotopic (exact) mass is 427 g/mol. The van der Waals surface area contributed by atoms with E-state index in [-0.39, 0.29) is 19.5 Å². The summed E-state index contributed by atoms with van der Waals surface area (Å²) < 4.78 is 0. The van der Waals surface area contributed by atoms with Crippen LogP contribution in [0.25, 0.3) is 0 Å². The van der Waals surface area contributed by atoms with Crippen molar-refractivity contribution in [3.05, 3.63) is 90.5 Å². The van der Waals surface area contributed by atoms with E-state index in [1.165, 1.54) is 10.6 Å². The van der Waals surface area contributed by atoms with Crippen molar-refractivity contribution in [2.45, 2.75) is 0 Å². The summed E-state index contributed by atoms with van der Waals surface area (Å²) in [6.45, 7) is 0. The molecule has 0 aliphatic heterocycles. The van der Waals surface area contributed by atoms with Gasteiger partial charge >= 0.3 is 0 Å². The van der Waals surface area contributed by atoms with E-state index in [0.717, 1.165) is 5.30 Å². The largest absolute Gasteiger partial charge is 0.276 e. The quantitative estimate of drug-likeness (QED) is 0.351. The minimum atomic E-state index is -0.805. The maximum atomic E-state index is 11.8. The van der Waals surface area contributed by atoms with Gasteiger partial charge in [0.1, 0.15) is 0 Å². The van der Waals surface area contributed by atoms with Crippen LogP contribution in [0.4, 0.5) is 0 Å². The van der Waals surface area contributed by atoms with Gasteiger partial charge in [-0.15, -0.1) is 0 Å². The fourth-order valence-electron chi connectivity index (χ4n) is 2.42. The van der Waals surface area contributed by atoms with E-state index in [1.807, 2.05) is 54.6 Å². The summed E-state index contributed by atoms with van der Waals surface area (Å²) in [5, 5.41) is 2.99. The van der Waals surface area contributed by atoms with Gasteiger partial charge in [0.2, 0.25) is 0 Å². The van der Waals surface area contributed by atoms with Gasteiger partial charge in [0, 0.05) is 25.0 Å². The second-order valence-corrected chi connectivity index (χ2v) is 7.33. The zero-order valence-corrected chi connectivity index (χ0v) is 15.4. The SMILES string of the molecule is O=C(Cl)c1ccccc1P(c1ccccc1)c1ccccc1.[Rh]. The van der Waals surface area contributed by atoms with Crippen LogP contribution in [0.2, 0.25) is 0 Å². The van der Waals surface area contributed by atoms with E-state index in [9.17, 15) is 4.79 Å². The Kier molecular flexibility index (Phi) is 6.66. The van der Waals surface area contributed by atoms with Crippen LogP contribution in [-0.4, -0.2) is 5.24 Å². The Morgan fingerprint density at radius 2 is 1.13 bits per heavy atom. The van der Waals surface area contributed by atoms with Gasteiger partial charge < -0.3 is 0 Å². The van der Waals surface area contributed by atoms with Crippen LogP contribution in [0.15, 0.2) is 84.9 Å². The van der Waals surface area contributed by atoms with Gasteiger partial charge in [-0.3, -0.25) is 4.79 Å². The molecule has 3 rings (SSSR count). The summed E-state index contributed by atoms with van der Waals surface area (Å²) in [5.41, 5.74) is 0.586. The van der Waals surface area contributed by atoms with Gasteiger partial charge in [0.15, 0.2) is 0 Å². The molecule has 0 aliphatic rings. The molecule has 0 saturated heterocycles. The van der Waals surface area contributed by atoms with E-state index >= 15 is 0 Å². The fraction of sp³-hybridized carbons (Fsp3) is 0. The molecule has 117 valence electrons. The Bertz CT molecular complexity index is 738. The minimum Gasteiger partial charge on any atom is -0.276 e. The molecule has 0 heterocycles. The number of benzene rings is 3. The number of hydrogen-bond donors (Lipinski definition) is 0. The molecular formula is C19H14ClOPRh. The third-order valence-corrected chi connectivity index (χ3v) is 6.09. The number of carbonyl (C=O) groups excluding carboxylic acids is 1. The van der Waals surface area contributed by atoms with Crippen LogP contribution in [0, 0.1) is 0 Å². The fourth-order valence-corrected chi connectivity index (χ4v) is 5.09. The van der Waals surface area contributed by atoms with E-state index in [2.05, 4.69) is 24.3 Å². The first-order valence-electron chi connectivity index (χ1n) is 6.96. The van der Waals surface area contributed by atoms with Crippen molar-refractivity contribution < 1.29 is 24.3 Å². The molecule has 0 bridgehead atoms. The molecule has 0 aliphatic carbocycles. The van der Waals surface area contributed by atoms with Gasteiger partial charge in [-0.1, -0.05) is 78.9 Å². The van der Waals surface area contributed by atoms with Gasteiger partial charge in [0.05, 0.1) is 0 Å². The first kappa shape index (κ1) is 18.0. The molecule has 23 heavy (non-hydrogen) atoms. The second kappa shape index (κ2) is 8.50. The number of rotatable bonds is 4. The van der Waals surface area contributed by atoms with Crippen LogP contribution in [0.5, 0.6) is 0 Å². The minimum absolute atomic E-state index is 0. The van der Waals surface area contributed by atoms with Gasteiger partial charge in [-0.05, 0) is 41.5 Å². The van der Waals surface area contributed by atoms with Crippen LogP contribution in [0.3, 0.4) is 0 Å². The Hall–Kier alpha value is -1.33. The molecule has 4 heteroatoms. The predicted molar refractivity (Wildman–Crippen MR) is 95.3 cm³/mol. The zero-order chi connectivity index (χ0) is 15.4. The maximum Gasteiger partial charge on any atom is 0.253 e. The van der Waals surface area contributed by atoms with Gasteiger partial charge in [-0.25, -0.2) is 0 Å². The number of hydrogen-bond acceptors (Lipinski definition) is 1. The molecule has 0 N–H and O–H groups in total. The Morgan fingerprint density at radius 3 is 1.61 bits per heavy atom. The Morgan fingerprint density at radius 1 is 0.696 bits per heavy atom. The van der Waals surface area contributed by atoms with Crippen molar-refractivity contribution in [2.24, 2.45) is 0 Å². The zero-order valence-electron chi connectivity index (χ0n) is 12.1. The maximum absolute atomic E-state index is 11.8. The van der Waals surface area contributed by atoms with Gasteiger partial charge in [-0.2, -0.15) is 0 Å². The van der Waals surface area contributed by atoms with E-state index in [4.69, 9.17) is 11.6 Å².